The lowest BCUT2D eigenvalue weighted by molar-refractivity contribution is 0.492. The molecule has 0 radical (unpaired) electrons. The highest BCUT2D eigenvalue weighted by molar-refractivity contribution is 7.90. The molecule has 5 nitrogen and oxygen atoms in total. The van der Waals surface area contributed by atoms with Crippen LogP contribution in [-0.4, -0.2) is 30.0 Å². The van der Waals surface area contributed by atoms with E-state index in [1.54, 1.807) is 36.9 Å². The van der Waals surface area contributed by atoms with E-state index in [1.807, 2.05) is 24.3 Å². The predicted octanol–water partition coefficient (Wildman–Crippen LogP) is 5.26. The Labute approximate surface area is 194 Å². The summed E-state index contributed by atoms with van der Waals surface area (Å²) in [5.74, 6) is -0.268. The number of fused-ring (bicyclic) bond motifs is 1. The quantitative estimate of drug-likeness (QED) is 0.386. The molecule has 1 aromatic heterocycles. The highest BCUT2D eigenvalue weighted by atomic mass is 32.2. The first kappa shape index (κ1) is 23.1. The molecular weight excluding hydrogens is 437 g/mol. The Morgan fingerprint density at radius 3 is 2.30 bits per heavy atom. The number of sulfonamides is 1. The summed E-state index contributed by atoms with van der Waals surface area (Å²) in [6, 6.07) is 22.5. The van der Waals surface area contributed by atoms with Crippen LogP contribution in [0, 0.1) is 11.7 Å². The molecule has 0 amide bonds. The standard InChI is InChI=1S/C26H28FN3O2S/c1-18(2)33(31,32)29-16-19(3)26(20-7-5-4-6-8-20)21-9-14-25-22(15-21)17-28-30(25)24-12-10-23(27)11-13-24/h4-15,17-19,26,29H,16H2,1-3H3. The normalized spacial score (nSPS) is 14.0. The molecule has 0 aliphatic carbocycles. The topological polar surface area (TPSA) is 64.0 Å². The Kier molecular flexibility index (Phi) is 6.63. The molecule has 4 rings (SSSR count). The summed E-state index contributed by atoms with van der Waals surface area (Å²) in [6.45, 7) is 5.75. The third kappa shape index (κ3) is 4.99. The smallest absolute Gasteiger partial charge is 0.213 e. The van der Waals surface area contributed by atoms with Crippen molar-refractivity contribution in [3.05, 3.63) is 95.9 Å². The number of benzene rings is 3. The fraction of sp³-hybridized carbons (Fsp3) is 0.269. The first-order valence-electron chi connectivity index (χ1n) is 11.0. The van der Waals surface area contributed by atoms with Gasteiger partial charge in [-0.05, 0) is 67.3 Å². The molecule has 1 N–H and O–H groups in total. The first-order valence-corrected chi connectivity index (χ1v) is 12.6. The fourth-order valence-electron chi connectivity index (χ4n) is 4.07. The van der Waals surface area contributed by atoms with Gasteiger partial charge >= 0.3 is 0 Å². The zero-order chi connectivity index (χ0) is 23.6. The van der Waals surface area contributed by atoms with Gasteiger partial charge in [0.05, 0.1) is 22.7 Å². The highest BCUT2D eigenvalue weighted by Gasteiger charge is 2.25. The van der Waals surface area contributed by atoms with Crippen molar-refractivity contribution in [2.24, 2.45) is 5.92 Å². The van der Waals surface area contributed by atoms with Gasteiger partial charge in [-0.25, -0.2) is 22.2 Å². The third-order valence-electron chi connectivity index (χ3n) is 5.98. The van der Waals surface area contributed by atoms with Crippen molar-refractivity contribution in [3.8, 4) is 5.69 Å². The van der Waals surface area contributed by atoms with E-state index in [0.717, 1.165) is 27.7 Å². The van der Waals surface area contributed by atoms with Crippen molar-refractivity contribution >= 4 is 20.9 Å². The summed E-state index contributed by atoms with van der Waals surface area (Å²) in [5, 5.41) is 4.99. The lowest BCUT2D eigenvalue weighted by Crippen LogP contribution is -2.35. The summed E-state index contributed by atoms with van der Waals surface area (Å²) in [5.41, 5.74) is 3.92. The van der Waals surface area contributed by atoms with Gasteiger partial charge in [0.1, 0.15) is 5.82 Å². The van der Waals surface area contributed by atoms with Gasteiger partial charge in [0.15, 0.2) is 0 Å². The van der Waals surface area contributed by atoms with Crippen LogP contribution in [0.4, 0.5) is 4.39 Å². The van der Waals surface area contributed by atoms with Crippen LogP contribution < -0.4 is 4.72 Å². The molecule has 0 spiro atoms. The summed E-state index contributed by atoms with van der Waals surface area (Å²) in [4.78, 5) is 0. The van der Waals surface area contributed by atoms with Gasteiger partial charge in [0, 0.05) is 17.8 Å². The SMILES string of the molecule is CC(CNS(=O)(=O)C(C)C)C(c1ccccc1)c1ccc2c(cnn2-c2ccc(F)cc2)c1. The van der Waals surface area contributed by atoms with Gasteiger partial charge in [-0.2, -0.15) is 5.10 Å². The van der Waals surface area contributed by atoms with Crippen LogP contribution in [-0.2, 0) is 10.0 Å². The highest BCUT2D eigenvalue weighted by Crippen LogP contribution is 2.34. The molecule has 0 fully saturated rings. The van der Waals surface area contributed by atoms with Crippen LogP contribution in [0.3, 0.4) is 0 Å². The molecule has 0 aliphatic heterocycles. The third-order valence-corrected chi connectivity index (χ3v) is 7.79. The predicted molar refractivity (Wildman–Crippen MR) is 131 cm³/mol. The Morgan fingerprint density at radius 1 is 0.939 bits per heavy atom. The number of aromatic nitrogens is 2. The molecule has 172 valence electrons. The lowest BCUT2D eigenvalue weighted by atomic mass is 9.81. The van der Waals surface area contributed by atoms with Crippen molar-refractivity contribution in [3.63, 3.8) is 0 Å². The molecule has 0 bridgehead atoms. The van der Waals surface area contributed by atoms with E-state index in [4.69, 9.17) is 0 Å². The van der Waals surface area contributed by atoms with Crippen molar-refractivity contribution in [1.29, 1.82) is 0 Å². The maximum absolute atomic E-state index is 13.3. The second kappa shape index (κ2) is 9.45. The molecule has 4 aromatic rings. The molecule has 7 heteroatoms. The van der Waals surface area contributed by atoms with Crippen LogP contribution in [0.25, 0.3) is 16.6 Å². The average Bonchev–Trinajstić information content (AvgIpc) is 3.22. The molecular formula is C26H28FN3O2S. The molecule has 2 atom stereocenters. The number of hydrogen-bond donors (Lipinski definition) is 1. The number of hydrogen-bond acceptors (Lipinski definition) is 3. The summed E-state index contributed by atoms with van der Waals surface area (Å²) in [7, 11) is -3.35. The summed E-state index contributed by atoms with van der Waals surface area (Å²) >= 11 is 0. The Morgan fingerprint density at radius 2 is 1.64 bits per heavy atom. The lowest BCUT2D eigenvalue weighted by Gasteiger charge is -2.26. The van der Waals surface area contributed by atoms with Crippen molar-refractivity contribution in [2.75, 3.05) is 6.54 Å². The Hall–Kier alpha value is -3.03. The van der Waals surface area contributed by atoms with Crippen LogP contribution in [0.1, 0.15) is 37.8 Å². The number of nitrogens with one attached hydrogen (secondary N) is 1. The van der Waals surface area contributed by atoms with E-state index in [0.29, 0.717) is 6.54 Å². The molecule has 2 unspecified atom stereocenters. The van der Waals surface area contributed by atoms with Gasteiger partial charge in [-0.1, -0.05) is 43.3 Å². The van der Waals surface area contributed by atoms with Gasteiger partial charge < -0.3 is 0 Å². The van der Waals surface area contributed by atoms with E-state index >= 15 is 0 Å². The maximum Gasteiger partial charge on any atom is 0.213 e. The fourth-order valence-corrected chi connectivity index (χ4v) is 4.90. The summed E-state index contributed by atoms with van der Waals surface area (Å²) in [6.07, 6.45) is 1.80. The van der Waals surface area contributed by atoms with Crippen LogP contribution in [0.2, 0.25) is 0 Å². The zero-order valence-electron chi connectivity index (χ0n) is 18.9. The average molecular weight is 466 g/mol. The molecule has 0 saturated heterocycles. The molecule has 0 saturated carbocycles. The van der Waals surface area contributed by atoms with Crippen molar-refractivity contribution in [1.82, 2.24) is 14.5 Å². The van der Waals surface area contributed by atoms with Crippen LogP contribution in [0.5, 0.6) is 0 Å². The maximum atomic E-state index is 13.3. The van der Waals surface area contributed by atoms with Crippen LogP contribution >= 0.6 is 0 Å². The minimum atomic E-state index is -3.35. The minimum Gasteiger partial charge on any atom is -0.233 e. The molecule has 1 heterocycles. The van der Waals surface area contributed by atoms with Gasteiger partial charge in [0.2, 0.25) is 10.0 Å². The number of halogens is 1. The van der Waals surface area contributed by atoms with Crippen molar-refractivity contribution < 1.29 is 12.8 Å². The molecule has 33 heavy (non-hydrogen) atoms. The number of nitrogens with zero attached hydrogens (tertiary/aromatic N) is 2. The van der Waals surface area contributed by atoms with Gasteiger partial charge in [-0.15, -0.1) is 0 Å². The van der Waals surface area contributed by atoms with Crippen LogP contribution in [0.15, 0.2) is 79.0 Å². The Balaban J connectivity index is 1.69. The Bertz CT molecular complexity index is 1330. The van der Waals surface area contributed by atoms with Gasteiger partial charge in [0.25, 0.3) is 0 Å². The molecule has 0 aliphatic rings. The minimum absolute atomic E-state index is 0.000339. The first-order chi connectivity index (χ1) is 15.8. The van der Waals surface area contributed by atoms with E-state index < -0.39 is 15.3 Å². The van der Waals surface area contributed by atoms with E-state index in [9.17, 15) is 12.8 Å². The van der Waals surface area contributed by atoms with E-state index in [1.165, 1.54) is 12.1 Å². The number of rotatable bonds is 8. The van der Waals surface area contributed by atoms with Crippen molar-refractivity contribution in [2.45, 2.75) is 31.9 Å². The van der Waals surface area contributed by atoms with E-state index in [2.05, 4.69) is 41.0 Å². The second-order valence-electron chi connectivity index (χ2n) is 8.66. The monoisotopic (exact) mass is 465 g/mol. The second-order valence-corrected chi connectivity index (χ2v) is 11.0. The van der Waals surface area contributed by atoms with E-state index in [-0.39, 0.29) is 17.7 Å². The largest absolute Gasteiger partial charge is 0.233 e. The van der Waals surface area contributed by atoms with Gasteiger partial charge in [-0.3, -0.25) is 0 Å². The molecule has 3 aromatic carbocycles. The zero-order valence-corrected chi connectivity index (χ0v) is 19.8. The summed E-state index contributed by atoms with van der Waals surface area (Å²) < 4.78 is 42.5.